The molecule has 1 N–H and O–H groups in total. The molecule has 0 heterocycles. The van der Waals surface area contributed by atoms with E-state index in [2.05, 4.69) is 53.7 Å². The lowest BCUT2D eigenvalue weighted by Crippen LogP contribution is -2.39. The summed E-state index contributed by atoms with van der Waals surface area (Å²) in [4.78, 5) is 10.5. The van der Waals surface area contributed by atoms with E-state index in [0.29, 0.717) is 0 Å². The van der Waals surface area contributed by atoms with Crippen LogP contribution in [0.5, 0.6) is 5.75 Å². The van der Waals surface area contributed by atoms with Crippen LogP contribution in [0.15, 0.2) is 12.1 Å². The van der Waals surface area contributed by atoms with E-state index in [4.69, 9.17) is 9.84 Å². The Balaban J connectivity index is 3.01. The normalized spacial score (nSPS) is 11.5. The predicted molar refractivity (Wildman–Crippen MR) is 90.6 cm³/mol. The van der Waals surface area contributed by atoms with Crippen LogP contribution in [-0.2, 0) is 4.79 Å². The number of aliphatic carboxylic acids is 1. The number of hydrogen-bond donors (Lipinski definition) is 1. The minimum atomic E-state index is -1.03. The summed E-state index contributed by atoms with van der Waals surface area (Å²) < 4.78 is 5.57. The van der Waals surface area contributed by atoms with Gasteiger partial charge in [-0.1, -0.05) is 32.9 Å². The van der Waals surface area contributed by atoms with Crippen molar-refractivity contribution in [3.63, 3.8) is 0 Å². The van der Waals surface area contributed by atoms with Crippen LogP contribution >= 0.6 is 0 Å². The highest BCUT2D eigenvalue weighted by Crippen LogP contribution is 2.25. The van der Waals surface area contributed by atoms with E-state index in [1.807, 2.05) is 0 Å². The summed E-state index contributed by atoms with van der Waals surface area (Å²) in [7, 11) is -1.03. The standard InChI is InChI=1S/C17H28O3Si/c1-11(2)21(12(3)4)17-13(5)9-15(10-14(17)6)20-8-7-16(18)19/h9-12,21H,7-8H2,1-6H3,(H,18,19). The van der Waals surface area contributed by atoms with Crippen molar-refractivity contribution in [1.82, 2.24) is 0 Å². The van der Waals surface area contributed by atoms with Crippen molar-refractivity contribution in [3.05, 3.63) is 23.3 Å². The average Bonchev–Trinajstić information content (AvgIpc) is 2.32. The van der Waals surface area contributed by atoms with E-state index in [0.717, 1.165) is 16.8 Å². The molecule has 0 unspecified atom stereocenters. The lowest BCUT2D eigenvalue weighted by Gasteiger charge is -2.27. The predicted octanol–water partition coefficient (Wildman–Crippen LogP) is 3.41. The van der Waals surface area contributed by atoms with Crippen molar-refractivity contribution >= 4 is 20.0 Å². The Labute approximate surface area is 129 Å². The largest absolute Gasteiger partial charge is 0.493 e. The molecule has 0 aliphatic heterocycles. The van der Waals surface area contributed by atoms with E-state index in [9.17, 15) is 4.79 Å². The van der Waals surface area contributed by atoms with Gasteiger partial charge < -0.3 is 9.84 Å². The van der Waals surface area contributed by atoms with E-state index >= 15 is 0 Å². The van der Waals surface area contributed by atoms with E-state index in [1.165, 1.54) is 11.1 Å². The molecule has 1 aromatic carbocycles. The molecular weight excluding hydrogens is 280 g/mol. The topological polar surface area (TPSA) is 46.5 Å². The molecule has 0 saturated heterocycles. The van der Waals surface area contributed by atoms with Crippen LogP contribution in [0.3, 0.4) is 0 Å². The molecule has 0 spiro atoms. The van der Waals surface area contributed by atoms with Crippen molar-refractivity contribution in [2.45, 2.75) is 59.0 Å². The van der Waals surface area contributed by atoms with Gasteiger partial charge in [0, 0.05) is 0 Å². The van der Waals surface area contributed by atoms with Gasteiger partial charge in [0.05, 0.1) is 21.8 Å². The highest BCUT2D eigenvalue weighted by Gasteiger charge is 2.25. The fraction of sp³-hybridized carbons (Fsp3) is 0.588. The number of carboxylic acids is 1. The highest BCUT2D eigenvalue weighted by molar-refractivity contribution is 6.76. The average molecular weight is 308 g/mol. The molecule has 0 saturated carbocycles. The summed E-state index contributed by atoms with van der Waals surface area (Å²) in [5, 5.41) is 10.2. The first-order valence-corrected chi connectivity index (χ1v) is 9.60. The van der Waals surface area contributed by atoms with Crippen molar-refractivity contribution in [1.29, 1.82) is 0 Å². The number of benzene rings is 1. The molecule has 4 heteroatoms. The van der Waals surface area contributed by atoms with E-state index in [1.54, 1.807) is 5.19 Å². The third-order valence-electron chi connectivity index (χ3n) is 3.92. The number of carbonyl (C=O) groups is 1. The van der Waals surface area contributed by atoms with E-state index in [-0.39, 0.29) is 13.0 Å². The monoisotopic (exact) mass is 308 g/mol. The van der Waals surface area contributed by atoms with Gasteiger partial charge in [0.15, 0.2) is 0 Å². The fourth-order valence-corrected chi connectivity index (χ4v) is 7.33. The van der Waals surface area contributed by atoms with Gasteiger partial charge in [-0.2, -0.15) is 0 Å². The summed E-state index contributed by atoms with van der Waals surface area (Å²) in [6, 6.07) is 4.13. The number of aryl methyl sites for hydroxylation is 2. The Morgan fingerprint density at radius 3 is 2.00 bits per heavy atom. The second-order valence-corrected chi connectivity index (χ2v) is 10.8. The SMILES string of the molecule is Cc1cc(OCCC(=O)O)cc(C)c1[SiH](C(C)C)C(C)C. The summed E-state index contributed by atoms with van der Waals surface area (Å²) in [5.41, 5.74) is 4.03. The van der Waals surface area contributed by atoms with Gasteiger partial charge >= 0.3 is 5.97 Å². The van der Waals surface area contributed by atoms with Gasteiger partial charge in [0.2, 0.25) is 0 Å². The first-order valence-electron chi connectivity index (χ1n) is 7.69. The Hall–Kier alpha value is -1.29. The molecule has 1 aromatic rings. The minimum Gasteiger partial charge on any atom is -0.493 e. The Morgan fingerprint density at radius 2 is 1.62 bits per heavy atom. The first kappa shape index (κ1) is 17.8. The third kappa shape index (κ3) is 4.88. The Bertz CT molecular complexity index is 464. The van der Waals surface area contributed by atoms with E-state index < -0.39 is 14.8 Å². The molecule has 0 aliphatic carbocycles. The van der Waals surface area contributed by atoms with Gasteiger partial charge in [0.25, 0.3) is 0 Å². The number of hydrogen-bond acceptors (Lipinski definition) is 2. The Morgan fingerprint density at radius 1 is 1.14 bits per heavy atom. The van der Waals surface area contributed by atoms with Crippen molar-refractivity contribution in [2.24, 2.45) is 0 Å². The maximum absolute atomic E-state index is 10.5. The molecule has 3 nitrogen and oxygen atoms in total. The maximum Gasteiger partial charge on any atom is 0.306 e. The molecule has 0 fully saturated rings. The fourth-order valence-electron chi connectivity index (χ4n) is 3.24. The maximum atomic E-state index is 10.5. The summed E-state index contributed by atoms with van der Waals surface area (Å²) >= 11 is 0. The van der Waals surface area contributed by atoms with Gasteiger partial charge in [0.1, 0.15) is 5.75 Å². The summed E-state index contributed by atoms with van der Waals surface area (Å²) in [6.07, 6.45) is 0.0369. The van der Waals surface area contributed by atoms with Crippen LogP contribution in [0.4, 0.5) is 0 Å². The molecule has 0 radical (unpaired) electrons. The molecule has 0 amide bonds. The van der Waals surface area contributed by atoms with Crippen LogP contribution in [0.1, 0.15) is 45.2 Å². The van der Waals surface area contributed by atoms with Crippen LogP contribution < -0.4 is 9.92 Å². The van der Waals surface area contributed by atoms with Crippen LogP contribution in [0, 0.1) is 13.8 Å². The molecule has 1 rings (SSSR count). The van der Waals surface area contributed by atoms with Crippen LogP contribution in [0.2, 0.25) is 11.1 Å². The quantitative estimate of drug-likeness (QED) is 0.785. The molecule has 118 valence electrons. The van der Waals surface area contributed by atoms with Crippen molar-refractivity contribution in [3.8, 4) is 5.75 Å². The highest BCUT2D eigenvalue weighted by atomic mass is 28.3. The molecule has 0 aromatic heterocycles. The lowest BCUT2D eigenvalue weighted by molar-refractivity contribution is -0.137. The van der Waals surface area contributed by atoms with Crippen LogP contribution in [-0.4, -0.2) is 26.5 Å². The second kappa shape index (κ2) is 7.64. The second-order valence-electron chi connectivity index (χ2n) is 6.48. The van der Waals surface area contributed by atoms with Crippen LogP contribution in [0.25, 0.3) is 0 Å². The Kier molecular flexibility index (Phi) is 6.46. The van der Waals surface area contributed by atoms with Gasteiger partial charge in [-0.05, 0) is 48.2 Å². The molecule has 0 aliphatic rings. The molecule has 0 bridgehead atoms. The molecular formula is C17H28O3Si. The van der Waals surface area contributed by atoms with Crippen molar-refractivity contribution in [2.75, 3.05) is 6.61 Å². The van der Waals surface area contributed by atoms with Gasteiger partial charge in [-0.25, -0.2) is 0 Å². The van der Waals surface area contributed by atoms with Gasteiger partial charge in [-0.15, -0.1) is 0 Å². The molecule has 0 atom stereocenters. The first-order chi connectivity index (χ1) is 9.73. The zero-order valence-electron chi connectivity index (χ0n) is 14.1. The smallest absolute Gasteiger partial charge is 0.306 e. The molecule has 21 heavy (non-hydrogen) atoms. The summed E-state index contributed by atoms with van der Waals surface area (Å²) in [6.45, 7) is 13.8. The number of rotatable bonds is 7. The summed E-state index contributed by atoms with van der Waals surface area (Å²) in [5.74, 6) is -0.0394. The zero-order valence-corrected chi connectivity index (χ0v) is 15.2. The lowest BCUT2D eigenvalue weighted by atomic mass is 10.1. The zero-order chi connectivity index (χ0) is 16.2. The van der Waals surface area contributed by atoms with Gasteiger partial charge in [-0.3, -0.25) is 4.79 Å². The number of carboxylic acid groups (broad SMARTS) is 1. The number of ether oxygens (including phenoxy) is 1. The van der Waals surface area contributed by atoms with Crippen molar-refractivity contribution < 1.29 is 14.6 Å². The minimum absolute atomic E-state index is 0.0369. The third-order valence-corrected chi connectivity index (χ3v) is 8.37.